The van der Waals surface area contributed by atoms with Gasteiger partial charge in [0.25, 0.3) is 0 Å². The van der Waals surface area contributed by atoms with Crippen LogP contribution in [0.2, 0.25) is 10.0 Å². The van der Waals surface area contributed by atoms with Crippen molar-refractivity contribution in [3.63, 3.8) is 0 Å². The third-order valence-electron chi connectivity index (χ3n) is 7.61. The van der Waals surface area contributed by atoms with Crippen molar-refractivity contribution in [3.8, 4) is 28.1 Å². The Hall–Kier alpha value is -3.80. The quantitative estimate of drug-likeness (QED) is 0.113. The minimum atomic E-state index is -0.510. The minimum Gasteiger partial charge on any atom is -0.496 e. The number of nitrogens with zero attached hydrogens (tertiary/aromatic N) is 2. The molecule has 5 N–H and O–H groups in total. The first-order chi connectivity index (χ1) is 21.9. The van der Waals surface area contributed by atoms with Crippen molar-refractivity contribution in [3.05, 3.63) is 87.9 Å². The predicted octanol–water partition coefficient (Wildman–Crippen LogP) is 5.50. The first kappa shape index (κ1) is 32.6. The van der Waals surface area contributed by atoms with Gasteiger partial charge >= 0.3 is 0 Å². The molecule has 0 saturated carbocycles. The highest BCUT2D eigenvalue weighted by Gasteiger charge is 2.20. The van der Waals surface area contributed by atoms with Gasteiger partial charge in [0, 0.05) is 66.7 Å². The predicted molar refractivity (Wildman–Crippen MR) is 176 cm³/mol. The highest BCUT2D eigenvalue weighted by Crippen LogP contribution is 2.41. The summed E-state index contributed by atoms with van der Waals surface area (Å²) in [5, 5.41) is 22.1. The molecule has 12 heteroatoms. The Kier molecular flexibility index (Phi) is 11.2. The Balaban J connectivity index is 1.34. The molecule has 236 valence electrons. The number of amides is 1. The van der Waals surface area contributed by atoms with E-state index in [0.717, 1.165) is 42.8 Å². The number of aromatic nitrogens is 2. The first-order valence-electron chi connectivity index (χ1n) is 14.7. The fourth-order valence-corrected chi connectivity index (χ4v) is 5.85. The van der Waals surface area contributed by atoms with E-state index in [2.05, 4.69) is 31.2 Å². The smallest absolute Gasteiger partial charge is 0.220 e. The van der Waals surface area contributed by atoms with Crippen LogP contribution in [0.4, 0.5) is 15.9 Å². The summed E-state index contributed by atoms with van der Waals surface area (Å²) >= 11 is 13.8. The summed E-state index contributed by atoms with van der Waals surface area (Å²) in [5.41, 5.74) is 4.57. The Bertz CT molecular complexity index is 1660. The van der Waals surface area contributed by atoms with Crippen LogP contribution in [0.1, 0.15) is 24.0 Å². The summed E-state index contributed by atoms with van der Waals surface area (Å²) < 4.78 is 20.9. The van der Waals surface area contributed by atoms with Gasteiger partial charge in [-0.05, 0) is 49.2 Å². The average molecular weight is 654 g/mol. The van der Waals surface area contributed by atoms with Gasteiger partial charge in [-0.3, -0.25) is 9.78 Å². The van der Waals surface area contributed by atoms with Gasteiger partial charge in [-0.2, -0.15) is 0 Å². The monoisotopic (exact) mass is 652 g/mol. The van der Waals surface area contributed by atoms with Crippen LogP contribution < -0.4 is 26.0 Å². The Labute approximate surface area is 271 Å². The first-order valence-corrected chi connectivity index (χ1v) is 15.5. The molecule has 1 aliphatic rings. The zero-order chi connectivity index (χ0) is 31.8. The summed E-state index contributed by atoms with van der Waals surface area (Å²) in [6.45, 7) is 2.03. The molecule has 0 unspecified atom stereocenters. The number of benzene rings is 2. The van der Waals surface area contributed by atoms with Crippen molar-refractivity contribution in [1.82, 2.24) is 25.9 Å². The molecule has 1 atom stereocenters. The number of ether oxygens (including phenoxy) is 1. The maximum absolute atomic E-state index is 15.2. The number of aliphatic hydroxyl groups is 1. The highest BCUT2D eigenvalue weighted by atomic mass is 35.5. The summed E-state index contributed by atoms with van der Waals surface area (Å²) in [5.74, 6) is 0.357. The average Bonchev–Trinajstić information content (AvgIpc) is 3.47. The molecule has 2 aromatic carbocycles. The maximum atomic E-state index is 15.2. The van der Waals surface area contributed by atoms with Crippen LogP contribution in [0.25, 0.3) is 22.4 Å². The standard InChI is InChI=1S/C33H35Cl2FN6O3/c1-45-27-17-21(6-5-20(27)9-12-37-19-23-7-8-28(44)41-23)32-30(35)25(11-14-39-32)24-3-2-4-26(29(24)34)42-33-31(36)22(10-13-40-33)18-38-15-16-43/h2-6,10-11,13-14,17,23,37-38,43H,7-9,12,15-16,18-19H2,1H3,(H,40,42)(H,41,44)/t23-/m0/s1. The number of nitrogens with one attached hydrogen (secondary N) is 4. The highest BCUT2D eigenvalue weighted by molar-refractivity contribution is 6.39. The lowest BCUT2D eigenvalue weighted by molar-refractivity contribution is -0.119. The molecule has 0 radical (unpaired) electrons. The zero-order valence-corrected chi connectivity index (χ0v) is 26.3. The number of carbonyl (C=O) groups is 1. The van der Waals surface area contributed by atoms with E-state index in [-0.39, 0.29) is 30.9 Å². The summed E-state index contributed by atoms with van der Waals surface area (Å²) in [6, 6.07) is 14.8. The molecule has 4 aromatic rings. The molecule has 0 bridgehead atoms. The van der Waals surface area contributed by atoms with E-state index in [4.69, 9.17) is 33.0 Å². The number of halogens is 3. The van der Waals surface area contributed by atoms with E-state index >= 15 is 4.39 Å². The van der Waals surface area contributed by atoms with Gasteiger partial charge in [-0.1, -0.05) is 47.5 Å². The number of carbonyl (C=O) groups excluding carboxylic acids is 1. The van der Waals surface area contributed by atoms with E-state index in [1.165, 1.54) is 6.20 Å². The van der Waals surface area contributed by atoms with E-state index in [9.17, 15) is 4.79 Å². The van der Waals surface area contributed by atoms with Crippen molar-refractivity contribution in [1.29, 1.82) is 0 Å². The van der Waals surface area contributed by atoms with Gasteiger partial charge in [-0.15, -0.1) is 0 Å². The fourth-order valence-electron chi connectivity index (χ4n) is 5.25. The minimum absolute atomic E-state index is 0.0338. The molecule has 45 heavy (non-hydrogen) atoms. The van der Waals surface area contributed by atoms with Gasteiger partial charge < -0.3 is 31.1 Å². The van der Waals surface area contributed by atoms with E-state index in [0.29, 0.717) is 51.1 Å². The number of anilines is 2. The second kappa shape index (κ2) is 15.5. The molecule has 5 rings (SSSR count). The van der Waals surface area contributed by atoms with Gasteiger partial charge in [-0.25, -0.2) is 9.37 Å². The van der Waals surface area contributed by atoms with E-state index < -0.39 is 5.82 Å². The van der Waals surface area contributed by atoms with E-state index in [1.807, 2.05) is 24.3 Å². The molecular weight excluding hydrogens is 618 g/mol. The van der Waals surface area contributed by atoms with Crippen LogP contribution in [-0.2, 0) is 17.8 Å². The largest absolute Gasteiger partial charge is 0.496 e. The molecule has 1 saturated heterocycles. The van der Waals surface area contributed by atoms with Crippen LogP contribution in [-0.4, -0.2) is 60.4 Å². The van der Waals surface area contributed by atoms with Crippen LogP contribution in [0, 0.1) is 5.82 Å². The maximum Gasteiger partial charge on any atom is 0.220 e. The number of pyridine rings is 2. The number of hydrogen-bond donors (Lipinski definition) is 5. The van der Waals surface area contributed by atoms with Gasteiger partial charge in [0.1, 0.15) is 5.75 Å². The topological polar surface area (TPSA) is 120 Å². The molecule has 9 nitrogen and oxygen atoms in total. The molecule has 2 aromatic heterocycles. The lowest BCUT2D eigenvalue weighted by atomic mass is 10.0. The molecule has 1 fully saturated rings. The Morgan fingerprint density at radius 2 is 1.84 bits per heavy atom. The van der Waals surface area contributed by atoms with E-state index in [1.54, 1.807) is 37.6 Å². The lowest BCUT2D eigenvalue weighted by Gasteiger charge is -2.16. The van der Waals surface area contributed by atoms with Crippen molar-refractivity contribution in [2.45, 2.75) is 31.8 Å². The number of hydrogen-bond acceptors (Lipinski definition) is 8. The molecule has 3 heterocycles. The normalized spacial score (nSPS) is 14.4. The summed E-state index contributed by atoms with van der Waals surface area (Å²) in [6.07, 6.45) is 5.38. The third kappa shape index (κ3) is 7.89. The number of aliphatic hydroxyl groups excluding tert-OH is 1. The van der Waals surface area contributed by atoms with Crippen molar-refractivity contribution >= 4 is 40.6 Å². The number of methoxy groups -OCH3 is 1. The zero-order valence-electron chi connectivity index (χ0n) is 24.8. The third-order valence-corrected chi connectivity index (χ3v) is 8.40. The van der Waals surface area contributed by atoms with Crippen LogP contribution in [0.3, 0.4) is 0 Å². The second-order valence-electron chi connectivity index (χ2n) is 10.6. The lowest BCUT2D eigenvalue weighted by Crippen LogP contribution is -2.36. The summed E-state index contributed by atoms with van der Waals surface area (Å²) in [7, 11) is 1.63. The molecule has 0 aliphatic carbocycles. The molecular formula is C33H35Cl2FN6O3. The summed E-state index contributed by atoms with van der Waals surface area (Å²) in [4.78, 5) is 20.1. The van der Waals surface area contributed by atoms with Crippen LogP contribution in [0.15, 0.2) is 60.9 Å². The SMILES string of the molecule is COc1cc(-c2nccc(-c3cccc(Nc4nccc(CNCCO)c4F)c3Cl)c2Cl)ccc1CCNC[C@@H]1CCC(=O)N1. The fraction of sp³-hybridized carbons (Fsp3) is 0.303. The van der Waals surface area contributed by atoms with Crippen molar-refractivity contribution in [2.24, 2.45) is 0 Å². The van der Waals surface area contributed by atoms with Gasteiger partial charge in [0.05, 0.1) is 35.1 Å². The van der Waals surface area contributed by atoms with Gasteiger partial charge in [0.2, 0.25) is 5.91 Å². The Morgan fingerprint density at radius 1 is 1.02 bits per heavy atom. The number of rotatable bonds is 14. The second-order valence-corrected chi connectivity index (χ2v) is 11.4. The van der Waals surface area contributed by atoms with Gasteiger partial charge in [0.15, 0.2) is 11.6 Å². The Morgan fingerprint density at radius 3 is 2.62 bits per heavy atom. The van der Waals surface area contributed by atoms with Crippen molar-refractivity contribution < 1.29 is 19.0 Å². The van der Waals surface area contributed by atoms with Crippen LogP contribution >= 0.6 is 23.2 Å². The molecule has 1 aliphatic heterocycles. The van der Waals surface area contributed by atoms with Crippen molar-refractivity contribution in [2.75, 3.05) is 38.7 Å². The molecule has 0 spiro atoms. The molecule has 1 amide bonds. The van der Waals surface area contributed by atoms with Crippen LogP contribution in [0.5, 0.6) is 5.75 Å².